The molecule has 303 valence electrons. The van der Waals surface area contributed by atoms with E-state index in [1.807, 2.05) is 0 Å². The monoisotopic (exact) mass is 925 g/mol. The van der Waals surface area contributed by atoms with Crippen molar-refractivity contribution in [2.45, 2.75) is 179 Å². The Morgan fingerprint density at radius 2 is 1.09 bits per heavy atom. The summed E-state index contributed by atoms with van der Waals surface area (Å²) in [5, 5.41) is 9.45. The van der Waals surface area contributed by atoms with Gasteiger partial charge in [-0.3, -0.25) is 4.79 Å². The van der Waals surface area contributed by atoms with Crippen LogP contribution in [0.2, 0.25) is 0 Å². The van der Waals surface area contributed by atoms with Crippen LogP contribution in [0.4, 0.5) is 13.2 Å². The molecule has 53 heavy (non-hydrogen) atoms. The zero-order valence-electron chi connectivity index (χ0n) is 32.4. The van der Waals surface area contributed by atoms with Gasteiger partial charge in [-0.05, 0) is 69.9 Å². The maximum atomic E-state index is 14.3. The van der Waals surface area contributed by atoms with Gasteiger partial charge >= 0.3 is 11.8 Å². The molecule has 1 aromatic carbocycles. The Bertz CT molecular complexity index is 1440. The molecule has 1 N–H and O–H groups in total. The predicted molar refractivity (Wildman–Crippen MR) is 210 cm³/mol. The van der Waals surface area contributed by atoms with E-state index >= 15 is 0 Å². The zero-order chi connectivity index (χ0) is 38.2. The van der Waals surface area contributed by atoms with Crippen molar-refractivity contribution in [3.63, 3.8) is 0 Å². The molecule has 0 saturated heterocycles. The van der Waals surface area contributed by atoms with Crippen LogP contribution in [-0.4, -0.2) is 52.5 Å². The van der Waals surface area contributed by atoms with E-state index in [0.717, 1.165) is 37.7 Å². The largest absolute Gasteiger partial charge is 0.506 e. The molecule has 1 radical (unpaired) electrons. The van der Waals surface area contributed by atoms with Crippen molar-refractivity contribution in [1.29, 1.82) is 0 Å². The van der Waals surface area contributed by atoms with E-state index in [9.17, 15) is 37.0 Å². The number of hydrogen-bond donors (Lipinski definition) is 1. The number of halogens is 3. The van der Waals surface area contributed by atoms with Crippen molar-refractivity contribution in [2.75, 3.05) is 18.5 Å². The fraction of sp³-hybridized carbons (Fsp3) is 0.756. The molecular formula is C41H65EuF3O6P2. The molecule has 1 heterocycles. The van der Waals surface area contributed by atoms with Gasteiger partial charge in [-0.15, -0.1) is 0 Å². The summed E-state index contributed by atoms with van der Waals surface area (Å²) in [4.78, 5) is 22.3. The molecule has 3 saturated carbocycles. The van der Waals surface area contributed by atoms with Crippen LogP contribution >= 0.6 is 14.3 Å². The van der Waals surface area contributed by atoms with Gasteiger partial charge in [0.25, 0.3) is 5.78 Å². The van der Waals surface area contributed by atoms with Crippen LogP contribution in [0.3, 0.4) is 0 Å². The molecule has 2 aromatic rings. The number of alkyl halides is 3. The SMILES string of the molecule is CCCCP(=O)(CCCC)CCCC.O=C(c1c(O)c2ccccc2oc1=O)C(F)(F)F.O=P(C1CCCCC1)(C1CCCCC1)C1CCCCC1.[Eu]. The van der Waals surface area contributed by atoms with E-state index in [0.29, 0.717) is 17.0 Å². The normalized spacial score (nSPS) is 17.9. The minimum atomic E-state index is -5.26. The number of Topliss-reactive ketones (excluding diaryl/α,β-unsaturated/α-hetero) is 1. The maximum absolute atomic E-state index is 14.3. The number of fused-ring (bicyclic) bond motifs is 1. The molecule has 0 bridgehead atoms. The average molecular weight is 925 g/mol. The van der Waals surface area contributed by atoms with Gasteiger partial charge in [-0.25, -0.2) is 4.79 Å². The summed E-state index contributed by atoms with van der Waals surface area (Å²) in [6.07, 6.45) is 24.9. The van der Waals surface area contributed by atoms with Crippen molar-refractivity contribution in [2.24, 2.45) is 0 Å². The van der Waals surface area contributed by atoms with Crippen LogP contribution in [0.15, 0.2) is 33.5 Å². The Hall–Kier alpha value is -0.266. The fourth-order valence-corrected chi connectivity index (χ4v) is 17.2. The Balaban J connectivity index is 0.000000278. The second kappa shape index (κ2) is 24.5. The number of unbranched alkanes of at least 4 members (excludes halogenated alkanes) is 3. The van der Waals surface area contributed by atoms with Gasteiger partial charge in [-0.1, -0.05) is 110 Å². The van der Waals surface area contributed by atoms with E-state index in [4.69, 9.17) is 0 Å². The third-order valence-electron chi connectivity index (χ3n) is 11.5. The minimum absolute atomic E-state index is 0. The van der Waals surface area contributed by atoms with Gasteiger partial charge in [0.15, 0.2) is 5.56 Å². The van der Waals surface area contributed by atoms with Gasteiger partial charge < -0.3 is 18.7 Å². The first-order valence-electron chi connectivity index (χ1n) is 20.3. The average Bonchev–Trinajstić information content (AvgIpc) is 3.16. The van der Waals surface area contributed by atoms with E-state index < -0.39 is 43.2 Å². The molecule has 5 rings (SSSR count). The summed E-state index contributed by atoms with van der Waals surface area (Å²) < 4.78 is 68.1. The second-order valence-electron chi connectivity index (χ2n) is 15.4. The number of aromatic hydroxyl groups is 1. The Kier molecular flexibility index (Phi) is 22.6. The predicted octanol–water partition coefficient (Wildman–Crippen LogP) is 13.3. The molecule has 0 amide bonds. The van der Waals surface area contributed by atoms with Crippen molar-refractivity contribution >= 4 is 31.0 Å². The first kappa shape index (κ1) is 48.9. The zero-order valence-corrected chi connectivity index (χ0v) is 36.6. The first-order valence-corrected chi connectivity index (χ1v) is 24.5. The van der Waals surface area contributed by atoms with E-state index in [1.54, 1.807) is 0 Å². The number of benzene rings is 1. The number of para-hydroxylation sites is 1. The number of hydrogen-bond acceptors (Lipinski definition) is 6. The van der Waals surface area contributed by atoms with Crippen LogP contribution in [-0.2, 0) is 9.13 Å². The summed E-state index contributed by atoms with van der Waals surface area (Å²) in [6, 6.07) is 5.42. The molecule has 1 aromatic heterocycles. The standard InChI is InChI=1S/C18H33OP.C12H27OP.C11H5F3O4.Eu/c19-20(16-10-4-1-5-11-16,17-12-6-2-7-13-17)18-14-8-3-9-15-18;1-4-7-10-14(13,11-8-5-2)12-9-6-3;12-11(13,14)9(16)7-8(15)5-3-1-2-4-6(5)18-10(7)17;/h16-18H,1-15H2;4-12H2,1-3H3;1-4,15H;. The fourth-order valence-electron chi connectivity index (χ4n) is 8.50. The number of rotatable bonds is 13. The third kappa shape index (κ3) is 14.6. The van der Waals surface area contributed by atoms with E-state index in [-0.39, 0.29) is 60.3 Å². The molecule has 6 nitrogen and oxygen atoms in total. The van der Waals surface area contributed by atoms with Crippen molar-refractivity contribution < 1.29 is 86.0 Å². The van der Waals surface area contributed by atoms with Gasteiger partial charge in [-0.2, -0.15) is 13.2 Å². The van der Waals surface area contributed by atoms with E-state index in [1.165, 1.54) is 140 Å². The quantitative estimate of drug-likeness (QED) is 0.122. The van der Waals surface area contributed by atoms with Gasteiger partial charge in [0.05, 0.1) is 19.7 Å². The summed E-state index contributed by atoms with van der Waals surface area (Å²) in [5.74, 6) is -3.45. The van der Waals surface area contributed by atoms with Crippen LogP contribution in [0.5, 0.6) is 5.75 Å². The smallest absolute Gasteiger partial charge is 0.455 e. The van der Waals surface area contributed by atoms with Gasteiger partial charge in [0, 0.05) is 84.8 Å². The minimum Gasteiger partial charge on any atom is -0.506 e. The number of ketones is 1. The molecule has 0 spiro atoms. The molecule has 0 aliphatic heterocycles. The molecule has 3 fully saturated rings. The van der Waals surface area contributed by atoms with Crippen LogP contribution < -0.4 is 5.63 Å². The number of carbonyl (C=O) groups excluding carboxylic acids is 1. The Morgan fingerprint density at radius 1 is 0.717 bits per heavy atom. The van der Waals surface area contributed by atoms with Crippen LogP contribution in [0.25, 0.3) is 11.0 Å². The summed E-state index contributed by atoms with van der Waals surface area (Å²) in [5.41, 5.74) is -1.14. The topological polar surface area (TPSA) is 102 Å². The molecule has 0 atom stereocenters. The molecule has 3 aliphatic rings. The molecule has 3 aliphatic carbocycles. The summed E-state index contributed by atoms with van der Waals surface area (Å²) in [6.45, 7) is 6.55. The second-order valence-corrected chi connectivity index (χ2v) is 22.5. The van der Waals surface area contributed by atoms with Crippen molar-refractivity contribution in [3.05, 3.63) is 40.2 Å². The molecule has 0 unspecified atom stereocenters. The number of carbonyl (C=O) groups is 1. The molecule has 12 heteroatoms. The summed E-state index contributed by atoms with van der Waals surface area (Å²) >= 11 is 0. The Morgan fingerprint density at radius 3 is 1.45 bits per heavy atom. The van der Waals surface area contributed by atoms with Gasteiger partial charge in [0.2, 0.25) is 0 Å². The Labute approximate surface area is 357 Å². The van der Waals surface area contributed by atoms with Crippen LogP contribution in [0.1, 0.15) is 166 Å². The summed E-state index contributed by atoms with van der Waals surface area (Å²) in [7, 11) is -3.71. The third-order valence-corrected chi connectivity index (χ3v) is 19.8. The van der Waals surface area contributed by atoms with Crippen molar-refractivity contribution in [3.8, 4) is 5.75 Å². The maximum Gasteiger partial charge on any atom is 0.455 e. The van der Waals surface area contributed by atoms with Crippen LogP contribution in [0, 0.1) is 49.4 Å². The molecular weight excluding hydrogens is 859 g/mol. The van der Waals surface area contributed by atoms with Crippen molar-refractivity contribution in [1.82, 2.24) is 0 Å². The first-order chi connectivity index (χ1) is 24.8. The van der Waals surface area contributed by atoms with E-state index in [2.05, 4.69) is 25.2 Å². The van der Waals surface area contributed by atoms with Gasteiger partial charge in [0.1, 0.15) is 11.3 Å².